The molecule has 0 fully saturated rings. The number of anilines is 1. The lowest BCUT2D eigenvalue weighted by Crippen LogP contribution is -1.98. The van der Waals surface area contributed by atoms with Gasteiger partial charge in [-0.2, -0.15) is 0 Å². The second-order valence-electron chi connectivity index (χ2n) is 2.45. The molecule has 0 spiro atoms. The van der Waals surface area contributed by atoms with E-state index in [-0.39, 0.29) is 5.69 Å². The van der Waals surface area contributed by atoms with E-state index in [4.69, 9.17) is 0 Å². The molecular weight excluding hydrogens is 168 g/mol. The minimum Gasteiger partial charge on any atom is -0.382 e. The van der Waals surface area contributed by atoms with E-state index in [0.717, 1.165) is 5.56 Å². The van der Waals surface area contributed by atoms with E-state index in [1.807, 2.05) is 0 Å². The first kappa shape index (κ1) is 9.25. The number of nitro groups is 1. The van der Waals surface area contributed by atoms with Gasteiger partial charge in [-0.3, -0.25) is 10.1 Å². The quantitative estimate of drug-likeness (QED) is 0.570. The summed E-state index contributed by atoms with van der Waals surface area (Å²) in [5.74, 6) is 0. The van der Waals surface area contributed by atoms with Crippen molar-refractivity contribution < 1.29 is 4.92 Å². The van der Waals surface area contributed by atoms with Gasteiger partial charge in [-0.05, 0) is 0 Å². The van der Waals surface area contributed by atoms with Gasteiger partial charge in [0.05, 0.1) is 4.92 Å². The Morgan fingerprint density at radius 3 is 2.77 bits per heavy atom. The van der Waals surface area contributed by atoms with Crippen LogP contribution in [-0.4, -0.2) is 12.0 Å². The van der Waals surface area contributed by atoms with Crippen LogP contribution in [-0.2, 0) is 0 Å². The van der Waals surface area contributed by atoms with Gasteiger partial charge in [0, 0.05) is 18.7 Å². The molecule has 0 saturated heterocycles. The summed E-state index contributed by atoms with van der Waals surface area (Å²) in [6, 6.07) is 4.86. The molecule has 1 N–H and O–H groups in total. The Bertz CT molecular complexity index is 347. The SMILES string of the molecule is C=Cc1cccc([N+](=O)[O-])c1NC. The first-order valence-corrected chi connectivity index (χ1v) is 3.78. The molecule has 0 unspecified atom stereocenters. The summed E-state index contributed by atoms with van der Waals surface area (Å²) < 4.78 is 0. The first-order valence-electron chi connectivity index (χ1n) is 3.78. The van der Waals surface area contributed by atoms with Gasteiger partial charge in [0.25, 0.3) is 5.69 Å². The third kappa shape index (κ3) is 1.66. The van der Waals surface area contributed by atoms with Crippen molar-refractivity contribution in [1.29, 1.82) is 0 Å². The van der Waals surface area contributed by atoms with E-state index in [9.17, 15) is 10.1 Å². The average molecular weight is 178 g/mol. The largest absolute Gasteiger partial charge is 0.382 e. The highest BCUT2D eigenvalue weighted by molar-refractivity contribution is 5.74. The fraction of sp³-hybridized carbons (Fsp3) is 0.111. The minimum absolute atomic E-state index is 0.0694. The molecule has 0 aliphatic heterocycles. The lowest BCUT2D eigenvalue weighted by atomic mass is 10.1. The predicted molar refractivity (Wildman–Crippen MR) is 52.7 cm³/mol. The van der Waals surface area contributed by atoms with Gasteiger partial charge < -0.3 is 5.32 Å². The van der Waals surface area contributed by atoms with Crippen LogP contribution < -0.4 is 5.32 Å². The van der Waals surface area contributed by atoms with Gasteiger partial charge in [0.15, 0.2) is 0 Å². The Balaban J connectivity index is 3.35. The number of rotatable bonds is 3. The molecule has 4 heteroatoms. The molecular formula is C9H10N2O2. The summed E-state index contributed by atoms with van der Waals surface area (Å²) in [6.45, 7) is 3.58. The maximum absolute atomic E-state index is 10.6. The van der Waals surface area contributed by atoms with Gasteiger partial charge in [-0.1, -0.05) is 24.8 Å². The summed E-state index contributed by atoms with van der Waals surface area (Å²) in [5.41, 5.74) is 1.30. The lowest BCUT2D eigenvalue weighted by Gasteiger charge is -2.04. The van der Waals surface area contributed by atoms with Crippen molar-refractivity contribution in [2.75, 3.05) is 12.4 Å². The number of benzene rings is 1. The van der Waals surface area contributed by atoms with Gasteiger partial charge >= 0.3 is 0 Å². The van der Waals surface area contributed by atoms with Crippen molar-refractivity contribution in [3.8, 4) is 0 Å². The van der Waals surface area contributed by atoms with Gasteiger partial charge in [0.2, 0.25) is 0 Å². The van der Waals surface area contributed by atoms with E-state index in [1.165, 1.54) is 6.07 Å². The Morgan fingerprint density at radius 2 is 2.31 bits per heavy atom. The molecule has 0 radical (unpaired) electrons. The highest BCUT2D eigenvalue weighted by Gasteiger charge is 2.13. The van der Waals surface area contributed by atoms with Gasteiger partial charge in [0.1, 0.15) is 5.69 Å². The minimum atomic E-state index is -0.418. The molecule has 1 aromatic rings. The number of nitro benzene ring substituents is 1. The van der Waals surface area contributed by atoms with Gasteiger partial charge in [-0.15, -0.1) is 0 Å². The van der Waals surface area contributed by atoms with Crippen molar-refractivity contribution in [2.24, 2.45) is 0 Å². The molecule has 1 rings (SSSR count). The first-order chi connectivity index (χ1) is 6.20. The maximum Gasteiger partial charge on any atom is 0.292 e. The predicted octanol–water partition coefficient (Wildman–Crippen LogP) is 2.28. The number of nitrogens with one attached hydrogen (secondary N) is 1. The van der Waals surface area contributed by atoms with E-state index >= 15 is 0 Å². The highest BCUT2D eigenvalue weighted by Crippen LogP contribution is 2.28. The Labute approximate surface area is 76.0 Å². The molecule has 0 aliphatic carbocycles. The molecule has 0 aromatic heterocycles. The number of nitrogens with zero attached hydrogens (tertiary/aromatic N) is 1. The van der Waals surface area contributed by atoms with Crippen LogP contribution in [0.1, 0.15) is 5.56 Å². The van der Waals surface area contributed by atoms with E-state index in [0.29, 0.717) is 5.69 Å². The van der Waals surface area contributed by atoms with Crippen LogP contribution in [0.4, 0.5) is 11.4 Å². The summed E-state index contributed by atoms with van der Waals surface area (Å²) in [4.78, 5) is 10.2. The van der Waals surface area contributed by atoms with Crippen molar-refractivity contribution >= 4 is 17.5 Å². The summed E-state index contributed by atoms with van der Waals surface area (Å²) >= 11 is 0. The van der Waals surface area contributed by atoms with Crippen molar-refractivity contribution in [3.63, 3.8) is 0 Å². The zero-order valence-electron chi connectivity index (χ0n) is 7.28. The molecule has 0 heterocycles. The van der Waals surface area contributed by atoms with Crippen LogP contribution in [0.5, 0.6) is 0 Å². The molecule has 0 aliphatic rings. The van der Waals surface area contributed by atoms with Crippen LogP contribution in [0.3, 0.4) is 0 Å². The Kier molecular flexibility index (Phi) is 2.64. The fourth-order valence-corrected chi connectivity index (χ4v) is 1.15. The number of hydrogen-bond donors (Lipinski definition) is 1. The summed E-state index contributed by atoms with van der Waals surface area (Å²) in [7, 11) is 1.65. The van der Waals surface area contributed by atoms with E-state index < -0.39 is 4.92 Å². The molecule has 1 aromatic carbocycles. The average Bonchev–Trinajstić information content (AvgIpc) is 2.16. The number of hydrogen-bond acceptors (Lipinski definition) is 3. The third-order valence-corrected chi connectivity index (χ3v) is 1.74. The van der Waals surface area contributed by atoms with Crippen LogP contribution >= 0.6 is 0 Å². The van der Waals surface area contributed by atoms with Crippen molar-refractivity contribution in [2.45, 2.75) is 0 Å². The number of para-hydroxylation sites is 1. The Morgan fingerprint density at radius 1 is 1.62 bits per heavy atom. The van der Waals surface area contributed by atoms with Crippen molar-refractivity contribution in [1.82, 2.24) is 0 Å². The Hall–Kier alpha value is -1.84. The second kappa shape index (κ2) is 3.71. The zero-order valence-corrected chi connectivity index (χ0v) is 7.28. The van der Waals surface area contributed by atoms with E-state index in [1.54, 1.807) is 25.3 Å². The van der Waals surface area contributed by atoms with Crippen molar-refractivity contribution in [3.05, 3.63) is 40.5 Å². The summed E-state index contributed by atoms with van der Waals surface area (Å²) in [6.07, 6.45) is 1.58. The topological polar surface area (TPSA) is 55.2 Å². The van der Waals surface area contributed by atoms with Crippen LogP contribution in [0.15, 0.2) is 24.8 Å². The van der Waals surface area contributed by atoms with Crippen LogP contribution in [0.25, 0.3) is 6.08 Å². The molecule has 0 saturated carbocycles. The molecule has 0 bridgehead atoms. The lowest BCUT2D eigenvalue weighted by molar-refractivity contribution is -0.383. The fourth-order valence-electron chi connectivity index (χ4n) is 1.15. The van der Waals surface area contributed by atoms with Gasteiger partial charge in [-0.25, -0.2) is 0 Å². The second-order valence-corrected chi connectivity index (χ2v) is 2.45. The molecule has 68 valence electrons. The zero-order chi connectivity index (χ0) is 9.84. The summed E-state index contributed by atoms with van der Waals surface area (Å²) in [5, 5.41) is 13.4. The maximum atomic E-state index is 10.6. The molecule has 13 heavy (non-hydrogen) atoms. The standard InChI is InChI=1S/C9H10N2O2/c1-3-7-5-4-6-8(11(12)13)9(7)10-2/h3-6,10H,1H2,2H3. The normalized spacial score (nSPS) is 9.31. The highest BCUT2D eigenvalue weighted by atomic mass is 16.6. The molecule has 0 amide bonds. The third-order valence-electron chi connectivity index (χ3n) is 1.74. The van der Waals surface area contributed by atoms with Crippen LogP contribution in [0, 0.1) is 10.1 Å². The molecule has 0 atom stereocenters. The smallest absolute Gasteiger partial charge is 0.292 e. The van der Waals surface area contributed by atoms with Crippen LogP contribution in [0.2, 0.25) is 0 Å². The molecule has 4 nitrogen and oxygen atoms in total. The van der Waals surface area contributed by atoms with E-state index in [2.05, 4.69) is 11.9 Å². The monoisotopic (exact) mass is 178 g/mol.